The Morgan fingerprint density at radius 1 is 1.07 bits per heavy atom. The van der Waals surface area contributed by atoms with Gasteiger partial charge in [-0.2, -0.15) is 0 Å². The lowest BCUT2D eigenvalue weighted by atomic mass is 10.0. The van der Waals surface area contributed by atoms with Crippen molar-refractivity contribution in [2.45, 2.75) is 25.4 Å². The number of H-pyrrole nitrogens is 2. The van der Waals surface area contributed by atoms with Crippen molar-refractivity contribution in [1.29, 1.82) is 0 Å². The van der Waals surface area contributed by atoms with Gasteiger partial charge in [0.2, 0.25) is 0 Å². The van der Waals surface area contributed by atoms with Crippen molar-refractivity contribution in [3.8, 4) is 0 Å². The molecular formula is C22H21F2N4O+. The zero-order chi connectivity index (χ0) is 20.0. The molecule has 0 unspecified atom stereocenters. The van der Waals surface area contributed by atoms with Crippen LogP contribution in [0, 0.1) is 11.6 Å². The Balaban J connectivity index is 1.40. The first-order valence-electron chi connectivity index (χ1n) is 9.79. The number of aromatic nitrogens is 3. The molecule has 148 valence electrons. The first-order chi connectivity index (χ1) is 14.1. The van der Waals surface area contributed by atoms with Crippen LogP contribution in [-0.2, 0) is 6.54 Å². The maximum Gasteiger partial charge on any atom is 0.286 e. The van der Waals surface area contributed by atoms with Crippen molar-refractivity contribution in [2.24, 2.45) is 0 Å². The van der Waals surface area contributed by atoms with Crippen LogP contribution in [0.5, 0.6) is 0 Å². The summed E-state index contributed by atoms with van der Waals surface area (Å²) in [4.78, 5) is 21.0. The van der Waals surface area contributed by atoms with E-state index in [1.54, 1.807) is 18.3 Å². The molecule has 1 fully saturated rings. The number of nitrogens with zero attached hydrogens (tertiary/aromatic N) is 2. The van der Waals surface area contributed by atoms with Crippen LogP contribution in [-0.4, -0.2) is 27.5 Å². The van der Waals surface area contributed by atoms with Crippen molar-refractivity contribution in [3.05, 3.63) is 76.3 Å². The number of piperidine rings is 1. The van der Waals surface area contributed by atoms with E-state index in [1.165, 1.54) is 12.1 Å². The van der Waals surface area contributed by atoms with Crippen LogP contribution in [0.3, 0.4) is 0 Å². The summed E-state index contributed by atoms with van der Waals surface area (Å²) in [6, 6.07) is 7.99. The first kappa shape index (κ1) is 18.0. The maximum atomic E-state index is 13.5. The van der Waals surface area contributed by atoms with Gasteiger partial charge in [-0.25, -0.2) is 18.7 Å². The molecule has 1 aliphatic heterocycles. The number of hydrogen-bond acceptors (Lipinski definition) is 2. The highest BCUT2D eigenvalue weighted by Gasteiger charge is 2.23. The molecule has 1 aromatic carbocycles. The van der Waals surface area contributed by atoms with E-state index < -0.39 is 11.6 Å². The van der Waals surface area contributed by atoms with Gasteiger partial charge in [0.05, 0.1) is 22.5 Å². The van der Waals surface area contributed by atoms with E-state index in [1.807, 2.05) is 18.5 Å². The topological polar surface area (TPSA) is 55.2 Å². The average molecular weight is 395 g/mol. The predicted molar refractivity (Wildman–Crippen MR) is 107 cm³/mol. The lowest BCUT2D eigenvalue weighted by Gasteiger charge is -2.34. The Morgan fingerprint density at radius 2 is 1.90 bits per heavy atom. The standard InChI is InChI=1S/C22H20F2N4O/c23-18-2-1-14(11-19(18)24)13-27-8-4-15(5-9-27)28-10-6-20(29)17-12-26-22-16(21(17)28)3-7-25-22/h1-3,6-7,10-12,15H,4-5,8-9,13H2,(H,25,26)/p+1. The van der Waals surface area contributed by atoms with Crippen LogP contribution in [0.2, 0.25) is 0 Å². The molecule has 4 heterocycles. The minimum absolute atomic E-state index is 0.00590. The number of benzene rings is 1. The quantitative estimate of drug-likeness (QED) is 0.578. The Labute approximate surface area is 165 Å². The Hall–Kier alpha value is -3.06. The molecule has 0 spiro atoms. The van der Waals surface area contributed by atoms with Gasteiger partial charge < -0.3 is 4.57 Å². The SMILES string of the molecule is O=c1ccn(C2CCN(Cc3ccc(F)c(F)c3)CC2)c2c1c[nH+]c1[nH]ccc12. The van der Waals surface area contributed by atoms with Crippen molar-refractivity contribution >= 4 is 21.9 Å². The number of likely N-dealkylation sites (tertiary alicyclic amines) is 1. The van der Waals surface area contributed by atoms with Crippen LogP contribution >= 0.6 is 0 Å². The average Bonchev–Trinajstić information content (AvgIpc) is 3.21. The number of rotatable bonds is 3. The van der Waals surface area contributed by atoms with Crippen LogP contribution in [0.25, 0.3) is 21.9 Å². The molecule has 0 bridgehead atoms. The summed E-state index contributed by atoms with van der Waals surface area (Å²) in [6.45, 7) is 2.31. The van der Waals surface area contributed by atoms with E-state index in [0.717, 1.165) is 48.0 Å². The molecule has 0 saturated carbocycles. The highest BCUT2D eigenvalue weighted by atomic mass is 19.2. The number of halogens is 2. The van der Waals surface area contributed by atoms with Gasteiger partial charge in [0.15, 0.2) is 17.1 Å². The number of aromatic amines is 2. The Kier molecular flexibility index (Phi) is 4.39. The van der Waals surface area contributed by atoms with E-state index in [-0.39, 0.29) is 11.5 Å². The molecule has 0 aliphatic carbocycles. The summed E-state index contributed by atoms with van der Waals surface area (Å²) in [6.07, 6.45) is 7.38. The summed E-state index contributed by atoms with van der Waals surface area (Å²) in [5.74, 6) is -1.62. The van der Waals surface area contributed by atoms with Gasteiger partial charge in [-0.3, -0.25) is 9.69 Å². The summed E-state index contributed by atoms with van der Waals surface area (Å²) >= 11 is 0. The van der Waals surface area contributed by atoms with Crippen molar-refractivity contribution < 1.29 is 13.8 Å². The normalized spacial score (nSPS) is 16.1. The van der Waals surface area contributed by atoms with Crippen molar-refractivity contribution in [1.82, 2.24) is 14.5 Å². The van der Waals surface area contributed by atoms with Gasteiger partial charge >= 0.3 is 0 Å². The molecule has 2 N–H and O–H groups in total. The largest absolute Gasteiger partial charge is 0.343 e. The van der Waals surface area contributed by atoms with Gasteiger partial charge in [0.1, 0.15) is 6.20 Å². The summed E-state index contributed by atoms with van der Waals surface area (Å²) < 4.78 is 28.8. The summed E-state index contributed by atoms with van der Waals surface area (Å²) in [5, 5.41) is 1.69. The van der Waals surface area contributed by atoms with Crippen molar-refractivity contribution in [2.75, 3.05) is 13.1 Å². The molecule has 0 amide bonds. The third-order valence-electron chi connectivity index (χ3n) is 5.87. The molecule has 29 heavy (non-hydrogen) atoms. The second-order valence-corrected chi connectivity index (χ2v) is 7.66. The van der Waals surface area contributed by atoms with Gasteiger partial charge in [-0.15, -0.1) is 0 Å². The second-order valence-electron chi connectivity index (χ2n) is 7.66. The molecule has 3 aromatic heterocycles. The first-order valence-corrected chi connectivity index (χ1v) is 9.79. The van der Waals surface area contributed by atoms with E-state index in [0.29, 0.717) is 11.9 Å². The molecule has 1 aliphatic rings. The molecule has 0 atom stereocenters. The third-order valence-corrected chi connectivity index (χ3v) is 5.87. The minimum Gasteiger partial charge on any atom is -0.343 e. The van der Waals surface area contributed by atoms with E-state index >= 15 is 0 Å². The molecule has 7 heteroatoms. The van der Waals surface area contributed by atoms with Crippen molar-refractivity contribution in [3.63, 3.8) is 0 Å². The van der Waals surface area contributed by atoms with Crippen LogP contribution in [0.4, 0.5) is 8.78 Å². The summed E-state index contributed by atoms with van der Waals surface area (Å²) in [5.41, 5.74) is 2.63. The zero-order valence-corrected chi connectivity index (χ0v) is 15.8. The highest BCUT2D eigenvalue weighted by Crippen LogP contribution is 2.29. The second kappa shape index (κ2) is 7.08. The zero-order valence-electron chi connectivity index (χ0n) is 15.8. The van der Waals surface area contributed by atoms with E-state index in [9.17, 15) is 13.6 Å². The van der Waals surface area contributed by atoms with Crippen LogP contribution < -0.4 is 10.4 Å². The van der Waals surface area contributed by atoms with Crippen LogP contribution in [0.15, 0.2) is 53.7 Å². The lowest BCUT2D eigenvalue weighted by molar-refractivity contribution is -0.345. The molecule has 5 rings (SSSR count). The molecule has 0 radical (unpaired) electrons. The Bertz CT molecular complexity index is 1250. The molecule has 4 aromatic rings. The smallest absolute Gasteiger partial charge is 0.286 e. The third kappa shape index (κ3) is 3.21. The number of pyridine rings is 2. The summed E-state index contributed by atoms with van der Waals surface area (Å²) in [7, 11) is 0. The predicted octanol–water partition coefficient (Wildman–Crippen LogP) is 3.41. The van der Waals surface area contributed by atoms with Gasteiger partial charge in [0, 0.05) is 37.9 Å². The fourth-order valence-electron chi connectivity index (χ4n) is 4.38. The fourth-order valence-corrected chi connectivity index (χ4v) is 4.38. The minimum atomic E-state index is -0.814. The van der Waals surface area contributed by atoms with Gasteiger partial charge in [-0.05, 0) is 36.6 Å². The molecule has 5 nitrogen and oxygen atoms in total. The molecular weight excluding hydrogens is 374 g/mol. The lowest BCUT2D eigenvalue weighted by Crippen LogP contribution is -2.34. The number of fused-ring (bicyclic) bond motifs is 3. The Morgan fingerprint density at radius 3 is 2.69 bits per heavy atom. The fraction of sp³-hybridized carbons (Fsp3) is 0.273. The highest BCUT2D eigenvalue weighted by molar-refractivity contribution is 6.00. The van der Waals surface area contributed by atoms with E-state index in [2.05, 4.69) is 19.4 Å². The van der Waals surface area contributed by atoms with Crippen LogP contribution in [0.1, 0.15) is 24.4 Å². The number of hydrogen-bond donors (Lipinski definition) is 1. The monoisotopic (exact) mass is 395 g/mol. The maximum absolute atomic E-state index is 13.5. The van der Waals surface area contributed by atoms with Gasteiger partial charge in [0.25, 0.3) is 5.65 Å². The molecule has 1 saturated heterocycles. The van der Waals surface area contributed by atoms with E-state index in [4.69, 9.17) is 0 Å². The number of nitrogens with one attached hydrogen (secondary N) is 2. The van der Waals surface area contributed by atoms with Gasteiger partial charge in [-0.1, -0.05) is 6.07 Å².